The Morgan fingerprint density at radius 3 is 1.14 bits per heavy atom. The molecule has 3 aromatic rings. The Morgan fingerprint density at radius 2 is 0.828 bits per heavy atom. The predicted molar refractivity (Wildman–Crippen MR) is 115 cm³/mol. The third-order valence-electron chi connectivity index (χ3n) is 4.17. The van der Waals surface area contributed by atoms with Gasteiger partial charge in [-0.3, -0.25) is 0 Å². The van der Waals surface area contributed by atoms with Gasteiger partial charge >= 0.3 is 175 Å². The number of benzene rings is 3. The van der Waals surface area contributed by atoms with E-state index in [4.69, 9.17) is 39.2 Å². The molecule has 0 aliphatic carbocycles. The van der Waals surface area contributed by atoms with Gasteiger partial charge in [0.05, 0.1) is 0 Å². The summed E-state index contributed by atoms with van der Waals surface area (Å²) < 4.78 is 33.4. The van der Waals surface area contributed by atoms with Crippen LogP contribution in [0.2, 0.25) is 0 Å². The van der Waals surface area contributed by atoms with Gasteiger partial charge in [0, 0.05) is 0 Å². The molecule has 3 rings (SSSR count). The summed E-state index contributed by atoms with van der Waals surface area (Å²) in [5.41, 5.74) is 0. The summed E-state index contributed by atoms with van der Waals surface area (Å²) in [6.45, 7) is 0. The Bertz CT molecular complexity index is 850. The number of methoxy groups -OCH3 is 3. The first-order valence-electron chi connectivity index (χ1n) is 8.73. The summed E-state index contributed by atoms with van der Waals surface area (Å²) in [5, 5.41) is 0.667. The van der Waals surface area contributed by atoms with Crippen molar-refractivity contribution in [2.24, 2.45) is 0 Å². The number of halogens is 1. The molecule has 0 heterocycles. The van der Waals surface area contributed by atoms with E-state index >= 15 is 0 Å². The van der Waals surface area contributed by atoms with E-state index in [1.165, 1.54) is 0 Å². The first-order valence-corrected chi connectivity index (χ1v) is 10.8. The zero-order chi connectivity index (χ0) is 20.7. The van der Waals surface area contributed by atoms with Crippen molar-refractivity contribution in [3.63, 3.8) is 0 Å². The van der Waals surface area contributed by atoms with E-state index in [1.54, 1.807) is 94.1 Å². The summed E-state index contributed by atoms with van der Waals surface area (Å²) in [5.74, 6) is 3.17. The minimum atomic E-state index is -3.59. The minimum absolute atomic E-state index is 0.530. The third kappa shape index (κ3) is 5.04. The second-order valence-electron chi connectivity index (χ2n) is 5.92. The number of hydrogen-bond donors (Lipinski definition) is 0. The molecule has 0 unspecified atom stereocenters. The Balaban J connectivity index is 1.98. The van der Waals surface area contributed by atoms with Gasteiger partial charge in [-0.1, -0.05) is 0 Å². The van der Waals surface area contributed by atoms with Crippen LogP contribution in [0, 0.1) is 0 Å². The fraction of sp³-hybridized carbons (Fsp3) is 0.143. The molecule has 0 saturated carbocycles. The van der Waals surface area contributed by atoms with Crippen LogP contribution in [-0.2, 0) is 4.08 Å². The van der Waals surface area contributed by atoms with Crippen molar-refractivity contribution < 1.29 is 27.3 Å². The number of hydrogen-bond acceptors (Lipinski definition) is 6. The van der Waals surface area contributed by atoms with Gasteiger partial charge < -0.3 is 0 Å². The maximum absolute atomic E-state index is 6.21. The van der Waals surface area contributed by atoms with E-state index in [-0.39, 0.29) is 0 Å². The van der Waals surface area contributed by atoms with Crippen molar-refractivity contribution in [1.29, 1.82) is 0 Å². The van der Waals surface area contributed by atoms with Crippen LogP contribution in [0.5, 0.6) is 28.7 Å². The quantitative estimate of drug-likeness (QED) is 0.432. The van der Waals surface area contributed by atoms with E-state index in [1.807, 2.05) is 0 Å². The molecule has 8 heteroatoms. The Morgan fingerprint density at radius 1 is 0.517 bits per heavy atom. The molecule has 0 saturated heterocycles. The molecule has 0 atom stereocenters. The van der Waals surface area contributed by atoms with Gasteiger partial charge in [-0.05, 0) is 0 Å². The zero-order valence-corrected chi connectivity index (χ0v) is 18.0. The van der Waals surface area contributed by atoms with Gasteiger partial charge in [0.2, 0.25) is 0 Å². The molecule has 0 bridgehead atoms. The van der Waals surface area contributed by atoms with Gasteiger partial charge in [0.15, 0.2) is 0 Å². The van der Waals surface area contributed by atoms with Crippen molar-refractivity contribution >= 4 is 25.1 Å². The van der Waals surface area contributed by atoms with E-state index in [9.17, 15) is 0 Å². The van der Waals surface area contributed by atoms with Crippen LogP contribution in [0.3, 0.4) is 0 Å². The van der Waals surface area contributed by atoms with Crippen molar-refractivity contribution in [3.05, 3.63) is 72.8 Å². The van der Waals surface area contributed by atoms with Crippen molar-refractivity contribution in [2.45, 2.75) is 0 Å². The van der Waals surface area contributed by atoms with E-state index < -0.39 is 7.94 Å². The molecule has 154 valence electrons. The number of ether oxygens (including phenoxy) is 3. The summed E-state index contributed by atoms with van der Waals surface area (Å²) in [4.78, 5) is 0. The molecule has 0 aliphatic rings. The molecule has 6 nitrogen and oxygen atoms in total. The molecule has 0 fully saturated rings. The Hall–Kier alpha value is -2.66. The van der Waals surface area contributed by atoms with Gasteiger partial charge in [-0.25, -0.2) is 0 Å². The van der Waals surface area contributed by atoms with Gasteiger partial charge in [0.25, 0.3) is 0 Å². The normalized spacial score (nSPS) is 11.4. The topological polar surface area (TPSA) is 55.4 Å². The van der Waals surface area contributed by atoms with Crippen LogP contribution < -0.4 is 28.6 Å². The molecule has 0 amide bonds. The average molecular weight is 437 g/mol. The Labute approximate surface area is 175 Å². The second kappa shape index (κ2) is 9.70. The molecule has 0 aromatic heterocycles. The van der Waals surface area contributed by atoms with Crippen LogP contribution in [0.4, 0.5) is 0 Å². The van der Waals surface area contributed by atoms with Crippen molar-refractivity contribution in [3.8, 4) is 28.7 Å². The van der Waals surface area contributed by atoms with Gasteiger partial charge in [-0.15, -0.1) is 0 Å². The second-order valence-corrected chi connectivity index (χ2v) is 8.63. The van der Waals surface area contributed by atoms with E-state index in [2.05, 4.69) is 0 Å². The average Bonchev–Trinajstić information content (AvgIpc) is 2.79. The van der Waals surface area contributed by atoms with Crippen LogP contribution >= 0.6 is 19.8 Å². The third-order valence-corrected chi connectivity index (χ3v) is 7.03. The summed E-state index contributed by atoms with van der Waals surface area (Å²) in [6, 6.07) is 21.4. The molecule has 0 aliphatic heterocycles. The van der Waals surface area contributed by atoms with Crippen molar-refractivity contribution in [2.75, 3.05) is 21.3 Å². The summed E-state index contributed by atoms with van der Waals surface area (Å²) in [6.07, 6.45) is 0. The first-order chi connectivity index (χ1) is 14.1. The van der Waals surface area contributed by atoms with Gasteiger partial charge in [0.1, 0.15) is 0 Å². The standard InChI is InChI=1S/C21H22ClO6P/c1-23-16-4-8-19(9-5-16)26-29(28-22,21-14-12-18(25-3)13-15-21)27-20-10-6-17(24-2)7-11-20/h4-15,29H,1-3H3. The molecule has 0 radical (unpaired) electrons. The monoisotopic (exact) mass is 436 g/mol. The first kappa shape index (κ1) is 21.1. The molecule has 29 heavy (non-hydrogen) atoms. The summed E-state index contributed by atoms with van der Waals surface area (Å²) >= 11 is 5.98. The van der Waals surface area contributed by atoms with Crippen LogP contribution in [0.1, 0.15) is 0 Å². The maximum atomic E-state index is 6.21. The van der Waals surface area contributed by atoms with Crippen LogP contribution in [-0.4, -0.2) is 21.3 Å². The molecular formula is C21H22ClO6P. The SMILES string of the molecule is COc1ccc(O[PH](OCl)(Oc2ccc(OC)cc2)c2ccc(OC)cc2)cc1. The predicted octanol–water partition coefficient (Wildman–Crippen LogP) is 5.16. The van der Waals surface area contributed by atoms with Gasteiger partial charge in [-0.2, -0.15) is 0 Å². The fourth-order valence-corrected chi connectivity index (χ4v) is 4.96. The number of rotatable bonds is 9. The van der Waals surface area contributed by atoms with Crippen molar-refractivity contribution in [1.82, 2.24) is 0 Å². The van der Waals surface area contributed by atoms with Crippen LogP contribution in [0.15, 0.2) is 72.8 Å². The van der Waals surface area contributed by atoms with E-state index in [0.717, 1.165) is 0 Å². The molecule has 0 spiro atoms. The van der Waals surface area contributed by atoms with E-state index in [0.29, 0.717) is 34.1 Å². The molecule has 3 aromatic carbocycles. The molecule has 0 N–H and O–H groups in total. The molecular weight excluding hydrogens is 415 g/mol. The Kier molecular flexibility index (Phi) is 7.04. The zero-order valence-electron chi connectivity index (χ0n) is 16.3. The van der Waals surface area contributed by atoms with Crippen LogP contribution in [0.25, 0.3) is 0 Å². The fourth-order valence-electron chi connectivity index (χ4n) is 2.61. The summed E-state index contributed by atoms with van der Waals surface area (Å²) in [7, 11) is 1.20.